The van der Waals surface area contributed by atoms with Gasteiger partial charge < -0.3 is 9.64 Å². The number of amidine groups is 1. The first kappa shape index (κ1) is 9.26. The zero-order valence-corrected chi connectivity index (χ0v) is 7.62. The predicted octanol–water partition coefficient (Wildman–Crippen LogP) is 1.27. The quantitative estimate of drug-likeness (QED) is 0.458. The number of ether oxygens (including phenoxy) is 1. The third-order valence-electron chi connectivity index (χ3n) is 1.93. The number of hydrogen-bond acceptors (Lipinski definition) is 2. The Morgan fingerprint density at radius 3 is 2.75 bits per heavy atom. The van der Waals surface area contributed by atoms with Crippen molar-refractivity contribution >= 4 is 5.84 Å². The van der Waals surface area contributed by atoms with Crippen molar-refractivity contribution in [3.05, 3.63) is 12.8 Å². The van der Waals surface area contributed by atoms with E-state index < -0.39 is 0 Å². The standard InChI is InChI=1S/C9H16N2O/c1-3-9(10-4-2)11-5-7-12-8-6-11/h4H,2-3,5-8H2,1H3/b10-9+. The molecule has 0 radical (unpaired) electrons. The monoisotopic (exact) mass is 168 g/mol. The van der Waals surface area contributed by atoms with Crippen molar-refractivity contribution in [2.45, 2.75) is 13.3 Å². The topological polar surface area (TPSA) is 24.8 Å². The molecule has 68 valence electrons. The van der Waals surface area contributed by atoms with Crippen LogP contribution in [0.4, 0.5) is 0 Å². The second-order valence-corrected chi connectivity index (χ2v) is 2.68. The SMILES string of the molecule is C=C/N=C(\CC)N1CCOCC1. The van der Waals surface area contributed by atoms with E-state index in [1.807, 2.05) is 0 Å². The number of nitrogens with zero attached hydrogens (tertiary/aromatic N) is 2. The summed E-state index contributed by atoms with van der Waals surface area (Å²) in [4.78, 5) is 6.47. The molecular weight excluding hydrogens is 152 g/mol. The van der Waals surface area contributed by atoms with Gasteiger partial charge in [0.05, 0.1) is 13.2 Å². The highest BCUT2D eigenvalue weighted by molar-refractivity contribution is 5.82. The second-order valence-electron chi connectivity index (χ2n) is 2.68. The van der Waals surface area contributed by atoms with E-state index in [1.165, 1.54) is 0 Å². The van der Waals surface area contributed by atoms with Gasteiger partial charge in [-0.1, -0.05) is 13.5 Å². The summed E-state index contributed by atoms with van der Waals surface area (Å²) in [6.07, 6.45) is 2.57. The Morgan fingerprint density at radius 2 is 2.25 bits per heavy atom. The van der Waals surface area contributed by atoms with Crippen LogP contribution in [0.5, 0.6) is 0 Å². The van der Waals surface area contributed by atoms with Crippen molar-refractivity contribution in [2.24, 2.45) is 4.99 Å². The molecule has 1 aliphatic heterocycles. The van der Waals surface area contributed by atoms with Gasteiger partial charge in [-0.25, -0.2) is 4.99 Å². The van der Waals surface area contributed by atoms with Gasteiger partial charge in [0.2, 0.25) is 0 Å². The molecule has 1 saturated heterocycles. The maximum Gasteiger partial charge on any atom is 0.104 e. The minimum absolute atomic E-state index is 0.816. The molecule has 0 aliphatic carbocycles. The van der Waals surface area contributed by atoms with Gasteiger partial charge >= 0.3 is 0 Å². The Kier molecular flexibility index (Phi) is 3.80. The maximum absolute atomic E-state index is 5.25. The molecule has 0 aromatic rings. The van der Waals surface area contributed by atoms with Gasteiger partial charge in [-0.2, -0.15) is 0 Å². The molecule has 12 heavy (non-hydrogen) atoms. The van der Waals surface area contributed by atoms with Gasteiger partial charge in [-0.05, 0) is 0 Å². The zero-order chi connectivity index (χ0) is 8.81. The molecule has 0 unspecified atom stereocenters. The molecule has 0 aromatic carbocycles. The molecule has 1 aliphatic rings. The summed E-state index contributed by atoms with van der Waals surface area (Å²) < 4.78 is 5.25. The van der Waals surface area contributed by atoms with E-state index >= 15 is 0 Å². The van der Waals surface area contributed by atoms with Gasteiger partial charge in [0.15, 0.2) is 0 Å². The zero-order valence-electron chi connectivity index (χ0n) is 7.62. The number of rotatable bonds is 2. The smallest absolute Gasteiger partial charge is 0.104 e. The molecule has 0 amide bonds. The van der Waals surface area contributed by atoms with Crippen molar-refractivity contribution in [3.63, 3.8) is 0 Å². The average molecular weight is 168 g/mol. The molecule has 0 saturated carbocycles. The van der Waals surface area contributed by atoms with E-state index in [1.54, 1.807) is 6.20 Å². The molecule has 1 heterocycles. The fraction of sp³-hybridized carbons (Fsp3) is 0.667. The molecule has 0 N–H and O–H groups in total. The Balaban J connectivity index is 2.51. The summed E-state index contributed by atoms with van der Waals surface area (Å²) in [6.45, 7) is 9.26. The maximum atomic E-state index is 5.25. The van der Waals surface area contributed by atoms with Gasteiger partial charge in [-0.3, -0.25) is 0 Å². The molecule has 1 rings (SSSR count). The Labute approximate surface area is 73.7 Å². The summed E-state index contributed by atoms with van der Waals surface area (Å²) >= 11 is 0. The van der Waals surface area contributed by atoms with Crippen LogP contribution in [0.2, 0.25) is 0 Å². The van der Waals surface area contributed by atoms with Gasteiger partial charge in [-0.15, -0.1) is 0 Å². The fourth-order valence-electron chi connectivity index (χ4n) is 1.32. The minimum atomic E-state index is 0.816. The summed E-state index contributed by atoms with van der Waals surface area (Å²) in [5.74, 6) is 1.12. The molecule has 1 fully saturated rings. The van der Waals surface area contributed by atoms with Crippen LogP contribution >= 0.6 is 0 Å². The molecule has 0 aromatic heterocycles. The molecule has 0 atom stereocenters. The van der Waals surface area contributed by atoms with E-state index in [4.69, 9.17) is 4.74 Å². The van der Waals surface area contributed by atoms with Gasteiger partial charge in [0.1, 0.15) is 5.84 Å². The van der Waals surface area contributed by atoms with E-state index in [0.717, 1.165) is 38.6 Å². The third kappa shape index (κ3) is 2.34. The van der Waals surface area contributed by atoms with Gasteiger partial charge in [0, 0.05) is 25.7 Å². The lowest BCUT2D eigenvalue weighted by molar-refractivity contribution is 0.0673. The normalized spacial score (nSPS) is 19.4. The highest BCUT2D eigenvalue weighted by Gasteiger charge is 2.12. The van der Waals surface area contributed by atoms with E-state index in [2.05, 4.69) is 23.4 Å². The molecule has 3 nitrogen and oxygen atoms in total. The van der Waals surface area contributed by atoms with Gasteiger partial charge in [0.25, 0.3) is 0 Å². The lowest BCUT2D eigenvalue weighted by Crippen LogP contribution is -2.40. The highest BCUT2D eigenvalue weighted by Crippen LogP contribution is 2.01. The Morgan fingerprint density at radius 1 is 1.58 bits per heavy atom. The van der Waals surface area contributed by atoms with Crippen molar-refractivity contribution in [1.29, 1.82) is 0 Å². The van der Waals surface area contributed by atoms with Crippen molar-refractivity contribution < 1.29 is 4.74 Å². The van der Waals surface area contributed by atoms with E-state index in [0.29, 0.717) is 0 Å². The van der Waals surface area contributed by atoms with Crippen LogP contribution in [-0.2, 0) is 4.74 Å². The fourth-order valence-corrected chi connectivity index (χ4v) is 1.32. The average Bonchev–Trinajstić information content (AvgIpc) is 2.15. The molecule has 3 heteroatoms. The summed E-state index contributed by atoms with van der Waals surface area (Å²) in [7, 11) is 0. The first-order valence-corrected chi connectivity index (χ1v) is 4.38. The Hall–Kier alpha value is -0.830. The summed E-state index contributed by atoms with van der Waals surface area (Å²) in [5, 5.41) is 0. The Bertz CT molecular complexity index is 171. The number of morpholine rings is 1. The van der Waals surface area contributed by atoms with Crippen LogP contribution in [0.3, 0.4) is 0 Å². The van der Waals surface area contributed by atoms with Crippen molar-refractivity contribution in [1.82, 2.24) is 4.90 Å². The number of hydrogen-bond donors (Lipinski definition) is 0. The predicted molar refractivity (Wildman–Crippen MR) is 50.3 cm³/mol. The van der Waals surface area contributed by atoms with Crippen molar-refractivity contribution in [3.8, 4) is 0 Å². The summed E-state index contributed by atoms with van der Waals surface area (Å²) in [5.41, 5.74) is 0. The minimum Gasteiger partial charge on any atom is -0.378 e. The number of aliphatic imine (C=N–C) groups is 1. The van der Waals surface area contributed by atoms with Crippen LogP contribution < -0.4 is 0 Å². The van der Waals surface area contributed by atoms with Crippen LogP contribution in [0.15, 0.2) is 17.8 Å². The highest BCUT2D eigenvalue weighted by atomic mass is 16.5. The van der Waals surface area contributed by atoms with Crippen LogP contribution in [0.1, 0.15) is 13.3 Å². The lowest BCUT2D eigenvalue weighted by atomic mass is 10.3. The summed E-state index contributed by atoms with van der Waals surface area (Å²) in [6, 6.07) is 0. The third-order valence-corrected chi connectivity index (χ3v) is 1.93. The van der Waals surface area contributed by atoms with Crippen LogP contribution in [-0.4, -0.2) is 37.0 Å². The largest absolute Gasteiger partial charge is 0.378 e. The second kappa shape index (κ2) is 4.93. The first-order chi connectivity index (χ1) is 5.88. The van der Waals surface area contributed by atoms with Crippen molar-refractivity contribution in [2.75, 3.05) is 26.3 Å². The van der Waals surface area contributed by atoms with E-state index in [-0.39, 0.29) is 0 Å². The van der Waals surface area contributed by atoms with Crippen LogP contribution in [0.25, 0.3) is 0 Å². The first-order valence-electron chi connectivity index (χ1n) is 4.38. The van der Waals surface area contributed by atoms with Crippen LogP contribution in [0, 0.1) is 0 Å². The lowest BCUT2D eigenvalue weighted by Gasteiger charge is -2.29. The van der Waals surface area contributed by atoms with E-state index in [9.17, 15) is 0 Å². The molecule has 0 spiro atoms. The molecular formula is C9H16N2O. The molecule has 0 bridgehead atoms.